The van der Waals surface area contributed by atoms with E-state index in [1.54, 1.807) is 6.07 Å². The van der Waals surface area contributed by atoms with Crippen LogP contribution in [0.3, 0.4) is 0 Å². The van der Waals surface area contributed by atoms with Crippen molar-refractivity contribution in [3.05, 3.63) is 59.7 Å². The summed E-state index contributed by atoms with van der Waals surface area (Å²) in [5.74, 6) is 0.574. The summed E-state index contributed by atoms with van der Waals surface area (Å²) in [5.41, 5.74) is 1.73. The van der Waals surface area contributed by atoms with Crippen LogP contribution in [0.1, 0.15) is 11.1 Å². The quantitative estimate of drug-likeness (QED) is 0.819. The molecule has 0 saturated carbocycles. The molecule has 0 bridgehead atoms. The Bertz CT molecular complexity index is 729. The summed E-state index contributed by atoms with van der Waals surface area (Å²) < 4.78 is 15.5. The number of rotatable bonds is 6. The molecule has 1 heterocycles. The summed E-state index contributed by atoms with van der Waals surface area (Å²) in [6.45, 7) is 0.241. The number of hydrogen-bond donors (Lipinski definition) is 1. The fraction of sp³-hybridized carbons (Fsp3) is 0.222. The van der Waals surface area contributed by atoms with Gasteiger partial charge in [0.2, 0.25) is 6.79 Å². The smallest absolute Gasteiger partial charge is 0.310 e. The van der Waals surface area contributed by atoms with Crippen LogP contribution in [0, 0.1) is 0 Å². The lowest BCUT2D eigenvalue weighted by Crippen LogP contribution is -2.28. The van der Waals surface area contributed by atoms with Gasteiger partial charge in [0, 0.05) is 6.54 Å². The number of amides is 1. The van der Waals surface area contributed by atoms with Gasteiger partial charge in [-0.1, -0.05) is 36.4 Å². The second-order valence-electron chi connectivity index (χ2n) is 5.29. The fourth-order valence-electron chi connectivity index (χ4n) is 2.26. The maximum Gasteiger partial charge on any atom is 0.310 e. The standard InChI is InChI=1S/C18H17NO5/c20-17(11-22-18(21)9-13-4-2-1-3-5-13)19-10-14-6-7-15-16(8-14)24-12-23-15/h1-8H,9-12H2,(H,19,20). The molecular formula is C18H17NO5. The predicted molar refractivity (Wildman–Crippen MR) is 85.5 cm³/mol. The summed E-state index contributed by atoms with van der Waals surface area (Å²) in [6.07, 6.45) is 0.149. The molecule has 0 saturated heterocycles. The topological polar surface area (TPSA) is 73.9 Å². The van der Waals surface area contributed by atoms with Crippen molar-refractivity contribution in [3.63, 3.8) is 0 Å². The molecule has 24 heavy (non-hydrogen) atoms. The zero-order valence-corrected chi connectivity index (χ0v) is 13.0. The molecule has 124 valence electrons. The van der Waals surface area contributed by atoms with E-state index in [-0.39, 0.29) is 25.7 Å². The number of hydrogen-bond acceptors (Lipinski definition) is 5. The summed E-state index contributed by atoms with van der Waals surface area (Å²) >= 11 is 0. The van der Waals surface area contributed by atoms with Gasteiger partial charge in [-0.3, -0.25) is 9.59 Å². The number of ether oxygens (including phenoxy) is 3. The van der Waals surface area contributed by atoms with E-state index in [1.807, 2.05) is 42.5 Å². The van der Waals surface area contributed by atoms with Crippen LogP contribution in [0.2, 0.25) is 0 Å². The second kappa shape index (κ2) is 7.50. The van der Waals surface area contributed by atoms with Gasteiger partial charge in [0.15, 0.2) is 18.1 Å². The lowest BCUT2D eigenvalue weighted by molar-refractivity contribution is -0.147. The van der Waals surface area contributed by atoms with Crippen LogP contribution in [0.5, 0.6) is 11.5 Å². The minimum atomic E-state index is -0.431. The molecule has 2 aromatic carbocycles. The van der Waals surface area contributed by atoms with Crippen molar-refractivity contribution in [1.82, 2.24) is 5.32 Å². The molecule has 6 nitrogen and oxygen atoms in total. The first-order valence-electron chi connectivity index (χ1n) is 7.55. The van der Waals surface area contributed by atoms with Crippen molar-refractivity contribution in [2.75, 3.05) is 13.4 Å². The molecule has 0 aromatic heterocycles. The Labute approximate surface area is 139 Å². The van der Waals surface area contributed by atoms with Gasteiger partial charge in [-0.25, -0.2) is 0 Å². The zero-order valence-electron chi connectivity index (χ0n) is 13.0. The fourth-order valence-corrected chi connectivity index (χ4v) is 2.26. The van der Waals surface area contributed by atoms with Crippen molar-refractivity contribution >= 4 is 11.9 Å². The number of carbonyl (C=O) groups is 2. The number of esters is 1. The van der Waals surface area contributed by atoms with E-state index in [1.165, 1.54) is 0 Å². The van der Waals surface area contributed by atoms with Crippen LogP contribution in [0.25, 0.3) is 0 Å². The highest BCUT2D eigenvalue weighted by Gasteiger charge is 2.13. The van der Waals surface area contributed by atoms with Gasteiger partial charge in [-0.05, 0) is 23.3 Å². The molecule has 0 spiro atoms. The second-order valence-corrected chi connectivity index (χ2v) is 5.29. The maximum atomic E-state index is 11.8. The predicted octanol–water partition coefficient (Wildman–Crippen LogP) is 1.82. The lowest BCUT2D eigenvalue weighted by Gasteiger charge is -2.07. The van der Waals surface area contributed by atoms with Crippen LogP contribution in [0.15, 0.2) is 48.5 Å². The Kier molecular flexibility index (Phi) is 4.96. The largest absolute Gasteiger partial charge is 0.455 e. The molecular weight excluding hydrogens is 310 g/mol. The van der Waals surface area contributed by atoms with Gasteiger partial charge in [0.05, 0.1) is 6.42 Å². The van der Waals surface area contributed by atoms with Crippen LogP contribution < -0.4 is 14.8 Å². The minimum absolute atomic E-state index is 0.149. The Balaban J connectivity index is 1.40. The number of fused-ring (bicyclic) bond motifs is 1. The molecule has 1 N–H and O–H groups in total. The average molecular weight is 327 g/mol. The van der Waals surface area contributed by atoms with E-state index >= 15 is 0 Å². The van der Waals surface area contributed by atoms with Crippen LogP contribution in [-0.2, 0) is 27.3 Å². The summed E-state index contributed by atoms with van der Waals surface area (Å²) in [7, 11) is 0. The van der Waals surface area contributed by atoms with E-state index in [4.69, 9.17) is 14.2 Å². The number of carbonyl (C=O) groups excluding carboxylic acids is 2. The highest BCUT2D eigenvalue weighted by atomic mass is 16.7. The summed E-state index contributed by atoms with van der Waals surface area (Å²) in [4.78, 5) is 23.4. The normalized spacial score (nSPS) is 11.8. The number of benzene rings is 2. The summed E-state index contributed by atoms with van der Waals surface area (Å²) in [6, 6.07) is 14.7. The minimum Gasteiger partial charge on any atom is -0.455 e. The van der Waals surface area contributed by atoms with E-state index in [2.05, 4.69) is 5.32 Å². The van der Waals surface area contributed by atoms with E-state index in [0.29, 0.717) is 18.0 Å². The third kappa shape index (κ3) is 4.25. The Morgan fingerprint density at radius 3 is 2.62 bits per heavy atom. The van der Waals surface area contributed by atoms with E-state index in [0.717, 1.165) is 11.1 Å². The Morgan fingerprint density at radius 1 is 1.00 bits per heavy atom. The molecule has 0 atom stereocenters. The zero-order chi connectivity index (χ0) is 16.8. The maximum absolute atomic E-state index is 11.8. The van der Waals surface area contributed by atoms with Gasteiger partial charge in [-0.15, -0.1) is 0 Å². The molecule has 0 fully saturated rings. The summed E-state index contributed by atoms with van der Waals surface area (Å²) in [5, 5.41) is 2.70. The van der Waals surface area contributed by atoms with Crippen molar-refractivity contribution in [1.29, 1.82) is 0 Å². The average Bonchev–Trinajstić information content (AvgIpc) is 3.07. The van der Waals surface area contributed by atoms with E-state index in [9.17, 15) is 9.59 Å². The first-order valence-corrected chi connectivity index (χ1v) is 7.55. The van der Waals surface area contributed by atoms with Crippen LogP contribution in [0.4, 0.5) is 0 Å². The van der Waals surface area contributed by atoms with Gasteiger partial charge < -0.3 is 19.5 Å². The molecule has 0 radical (unpaired) electrons. The highest BCUT2D eigenvalue weighted by Crippen LogP contribution is 2.32. The first-order chi connectivity index (χ1) is 11.7. The van der Waals surface area contributed by atoms with Crippen LogP contribution >= 0.6 is 0 Å². The Morgan fingerprint density at radius 2 is 1.79 bits per heavy atom. The van der Waals surface area contributed by atoms with Crippen LogP contribution in [-0.4, -0.2) is 25.3 Å². The molecule has 3 rings (SSSR count). The highest BCUT2D eigenvalue weighted by molar-refractivity contribution is 5.81. The Hall–Kier alpha value is -3.02. The first kappa shape index (κ1) is 15.9. The molecule has 0 unspecified atom stereocenters. The molecule has 1 aliphatic rings. The van der Waals surface area contributed by atoms with Crippen molar-refractivity contribution in [3.8, 4) is 11.5 Å². The van der Waals surface area contributed by atoms with Crippen molar-refractivity contribution < 1.29 is 23.8 Å². The van der Waals surface area contributed by atoms with Gasteiger partial charge in [0.25, 0.3) is 5.91 Å². The number of nitrogens with one attached hydrogen (secondary N) is 1. The molecule has 6 heteroatoms. The van der Waals surface area contributed by atoms with Crippen molar-refractivity contribution in [2.24, 2.45) is 0 Å². The van der Waals surface area contributed by atoms with Gasteiger partial charge >= 0.3 is 5.97 Å². The van der Waals surface area contributed by atoms with Gasteiger partial charge in [0.1, 0.15) is 0 Å². The lowest BCUT2D eigenvalue weighted by atomic mass is 10.2. The molecule has 2 aromatic rings. The SMILES string of the molecule is O=C(COC(=O)Cc1ccccc1)NCc1ccc2c(c1)OCO2. The third-order valence-electron chi connectivity index (χ3n) is 3.48. The molecule has 1 amide bonds. The molecule has 0 aliphatic carbocycles. The van der Waals surface area contributed by atoms with E-state index < -0.39 is 5.97 Å². The van der Waals surface area contributed by atoms with Crippen molar-refractivity contribution in [2.45, 2.75) is 13.0 Å². The van der Waals surface area contributed by atoms with Gasteiger partial charge in [-0.2, -0.15) is 0 Å². The monoisotopic (exact) mass is 327 g/mol. The molecule has 1 aliphatic heterocycles. The third-order valence-corrected chi connectivity index (χ3v) is 3.48.